The van der Waals surface area contributed by atoms with Crippen LogP contribution < -0.4 is 4.72 Å². The van der Waals surface area contributed by atoms with Gasteiger partial charge in [0.2, 0.25) is 0 Å². The summed E-state index contributed by atoms with van der Waals surface area (Å²) in [7, 11) is -2.10. The number of rotatable bonds is 3. The molecule has 0 aliphatic carbocycles. The smallest absolute Gasteiger partial charge is 0.265 e. The summed E-state index contributed by atoms with van der Waals surface area (Å²) in [5.74, 6) is -0.104. The van der Waals surface area contributed by atoms with Gasteiger partial charge in [-0.3, -0.25) is 9.40 Å². The first-order valence-electron chi connectivity index (χ1n) is 6.05. The number of nitrogens with one attached hydrogen (secondary N) is 1. The van der Waals surface area contributed by atoms with E-state index < -0.39 is 10.0 Å². The van der Waals surface area contributed by atoms with Crippen molar-refractivity contribution >= 4 is 15.7 Å². The molecule has 20 heavy (non-hydrogen) atoms. The minimum absolute atomic E-state index is 0.104. The lowest BCUT2D eigenvalue weighted by atomic mass is 10.2. The van der Waals surface area contributed by atoms with Gasteiger partial charge in [0.1, 0.15) is 10.6 Å². The molecule has 1 heterocycles. The first-order valence-corrected chi connectivity index (χ1v) is 7.53. The molecule has 0 radical (unpaired) electrons. The third-order valence-corrected chi connectivity index (χ3v) is 4.73. The van der Waals surface area contributed by atoms with E-state index >= 15 is 0 Å². The van der Waals surface area contributed by atoms with Gasteiger partial charge in [0, 0.05) is 7.05 Å². The molecule has 0 fully saturated rings. The van der Waals surface area contributed by atoms with Crippen LogP contribution in [0.1, 0.15) is 17.0 Å². The zero-order valence-corrected chi connectivity index (χ0v) is 12.6. The summed E-state index contributed by atoms with van der Waals surface area (Å²) in [4.78, 5) is 0.139. The van der Waals surface area contributed by atoms with E-state index in [0.29, 0.717) is 11.4 Å². The fourth-order valence-electron chi connectivity index (χ4n) is 2.07. The van der Waals surface area contributed by atoms with Crippen LogP contribution in [0.15, 0.2) is 23.1 Å². The number of sulfonamides is 1. The number of aryl methyl sites for hydroxylation is 3. The number of aromatic hydroxyl groups is 1. The van der Waals surface area contributed by atoms with E-state index in [1.54, 1.807) is 27.0 Å². The topological polar surface area (TPSA) is 84.2 Å². The Kier molecular flexibility index (Phi) is 3.47. The highest BCUT2D eigenvalue weighted by Gasteiger charge is 2.24. The number of benzene rings is 1. The Hall–Kier alpha value is -2.02. The van der Waals surface area contributed by atoms with Crippen LogP contribution in [0.5, 0.6) is 5.75 Å². The highest BCUT2D eigenvalue weighted by Crippen LogP contribution is 2.28. The first kappa shape index (κ1) is 14.4. The summed E-state index contributed by atoms with van der Waals surface area (Å²) >= 11 is 0. The van der Waals surface area contributed by atoms with Crippen LogP contribution in [0.25, 0.3) is 0 Å². The van der Waals surface area contributed by atoms with Crippen molar-refractivity contribution in [2.24, 2.45) is 7.05 Å². The molecular formula is C13H17N3O3S. The Labute approximate surface area is 118 Å². The fourth-order valence-corrected chi connectivity index (χ4v) is 3.58. The van der Waals surface area contributed by atoms with Gasteiger partial charge < -0.3 is 5.11 Å². The second kappa shape index (κ2) is 4.82. The van der Waals surface area contributed by atoms with Gasteiger partial charge in [-0.1, -0.05) is 6.07 Å². The average molecular weight is 295 g/mol. The molecule has 0 aliphatic heterocycles. The maximum atomic E-state index is 12.4. The van der Waals surface area contributed by atoms with Crippen LogP contribution in [0.2, 0.25) is 0 Å². The normalized spacial score (nSPS) is 11.6. The number of anilines is 1. The number of hydrogen-bond acceptors (Lipinski definition) is 4. The van der Waals surface area contributed by atoms with E-state index in [1.165, 1.54) is 16.8 Å². The second-order valence-electron chi connectivity index (χ2n) is 4.75. The maximum absolute atomic E-state index is 12.4. The molecule has 1 aromatic carbocycles. The van der Waals surface area contributed by atoms with Crippen LogP contribution in [-0.2, 0) is 17.1 Å². The summed E-state index contributed by atoms with van der Waals surface area (Å²) < 4.78 is 28.7. The fraction of sp³-hybridized carbons (Fsp3) is 0.308. The van der Waals surface area contributed by atoms with Crippen molar-refractivity contribution in [2.75, 3.05) is 4.72 Å². The zero-order chi connectivity index (χ0) is 15.1. The molecule has 2 aromatic rings. The number of hydrogen-bond donors (Lipinski definition) is 2. The minimum atomic E-state index is -3.78. The van der Waals surface area contributed by atoms with E-state index in [4.69, 9.17) is 0 Å². The average Bonchev–Trinajstić information content (AvgIpc) is 2.57. The molecule has 0 aliphatic rings. The highest BCUT2D eigenvalue weighted by molar-refractivity contribution is 7.92. The van der Waals surface area contributed by atoms with Gasteiger partial charge in [-0.15, -0.1) is 0 Å². The van der Waals surface area contributed by atoms with Crippen molar-refractivity contribution in [1.29, 1.82) is 0 Å². The molecule has 0 unspecified atom stereocenters. The molecule has 0 saturated heterocycles. The van der Waals surface area contributed by atoms with E-state index in [-0.39, 0.29) is 16.3 Å². The van der Waals surface area contributed by atoms with Crippen molar-refractivity contribution < 1.29 is 13.5 Å². The van der Waals surface area contributed by atoms with Crippen LogP contribution in [0.3, 0.4) is 0 Å². The van der Waals surface area contributed by atoms with Gasteiger partial charge in [-0.2, -0.15) is 5.10 Å². The maximum Gasteiger partial charge on any atom is 0.265 e. The van der Waals surface area contributed by atoms with Crippen LogP contribution in [0.4, 0.5) is 5.69 Å². The van der Waals surface area contributed by atoms with E-state index in [9.17, 15) is 13.5 Å². The largest absolute Gasteiger partial charge is 0.506 e. The van der Waals surface area contributed by atoms with Gasteiger partial charge in [0.25, 0.3) is 10.0 Å². The van der Waals surface area contributed by atoms with Crippen molar-refractivity contribution in [2.45, 2.75) is 25.7 Å². The lowest BCUT2D eigenvalue weighted by molar-refractivity contribution is 0.477. The lowest BCUT2D eigenvalue weighted by Gasteiger charge is -2.10. The van der Waals surface area contributed by atoms with Crippen molar-refractivity contribution in [3.05, 3.63) is 35.2 Å². The van der Waals surface area contributed by atoms with Crippen molar-refractivity contribution in [1.82, 2.24) is 9.78 Å². The van der Waals surface area contributed by atoms with Crippen molar-refractivity contribution in [3.63, 3.8) is 0 Å². The number of nitrogens with zero attached hydrogens (tertiary/aromatic N) is 2. The number of phenols is 1. The Bertz CT molecular complexity index is 763. The number of phenolic OH excluding ortho intramolecular Hbond substituents is 1. The molecule has 0 amide bonds. The van der Waals surface area contributed by atoms with E-state index in [0.717, 1.165) is 5.56 Å². The molecule has 1 aromatic heterocycles. The van der Waals surface area contributed by atoms with E-state index in [1.807, 2.05) is 6.92 Å². The molecule has 0 atom stereocenters. The Morgan fingerprint density at radius 3 is 2.40 bits per heavy atom. The third-order valence-electron chi connectivity index (χ3n) is 3.11. The molecule has 108 valence electrons. The molecule has 2 rings (SSSR count). The second-order valence-corrected chi connectivity index (χ2v) is 6.37. The number of aromatic nitrogens is 2. The van der Waals surface area contributed by atoms with Gasteiger partial charge in [0.15, 0.2) is 0 Å². The standard InChI is InChI=1S/C13H17N3O3S/c1-8-5-6-11(12(17)7-8)15-20(18,19)13-9(2)14-16(4)10(13)3/h5-7,15,17H,1-4H3. The lowest BCUT2D eigenvalue weighted by Crippen LogP contribution is -2.15. The quantitative estimate of drug-likeness (QED) is 0.846. The van der Waals surface area contributed by atoms with Gasteiger partial charge >= 0.3 is 0 Å². The first-order chi connectivity index (χ1) is 9.22. The molecule has 0 bridgehead atoms. The zero-order valence-electron chi connectivity index (χ0n) is 11.8. The summed E-state index contributed by atoms with van der Waals surface area (Å²) in [5, 5.41) is 13.9. The predicted octanol–water partition coefficient (Wildman–Crippen LogP) is 1.85. The summed E-state index contributed by atoms with van der Waals surface area (Å²) in [5.41, 5.74) is 1.96. The Morgan fingerprint density at radius 2 is 1.90 bits per heavy atom. The van der Waals surface area contributed by atoms with Crippen LogP contribution >= 0.6 is 0 Å². The van der Waals surface area contributed by atoms with Crippen LogP contribution in [-0.4, -0.2) is 23.3 Å². The molecule has 0 saturated carbocycles. The van der Waals surface area contributed by atoms with Gasteiger partial charge in [-0.25, -0.2) is 8.42 Å². The highest BCUT2D eigenvalue weighted by atomic mass is 32.2. The van der Waals surface area contributed by atoms with Crippen molar-refractivity contribution in [3.8, 4) is 5.75 Å². The third kappa shape index (κ3) is 2.49. The molecule has 6 nitrogen and oxygen atoms in total. The van der Waals surface area contributed by atoms with Gasteiger partial charge in [-0.05, 0) is 38.5 Å². The van der Waals surface area contributed by atoms with Crippen LogP contribution in [0, 0.1) is 20.8 Å². The predicted molar refractivity (Wildman–Crippen MR) is 76.3 cm³/mol. The Balaban J connectivity index is 2.46. The molecule has 0 spiro atoms. The minimum Gasteiger partial charge on any atom is -0.506 e. The SMILES string of the molecule is Cc1ccc(NS(=O)(=O)c2c(C)nn(C)c2C)c(O)c1. The molecular weight excluding hydrogens is 278 g/mol. The monoisotopic (exact) mass is 295 g/mol. The summed E-state index contributed by atoms with van der Waals surface area (Å²) in [6.07, 6.45) is 0. The summed E-state index contributed by atoms with van der Waals surface area (Å²) in [6.45, 7) is 5.13. The van der Waals surface area contributed by atoms with Gasteiger partial charge in [0.05, 0.1) is 17.1 Å². The molecule has 2 N–H and O–H groups in total. The Morgan fingerprint density at radius 1 is 1.25 bits per heavy atom. The van der Waals surface area contributed by atoms with E-state index in [2.05, 4.69) is 9.82 Å². The molecule has 7 heteroatoms. The summed E-state index contributed by atoms with van der Waals surface area (Å²) in [6, 6.07) is 4.75.